The third kappa shape index (κ3) is 4.10. The molecule has 2 unspecified atom stereocenters. The van der Waals surface area contributed by atoms with Gasteiger partial charge in [0.15, 0.2) is 0 Å². The largest absolute Gasteiger partial charge is 0.301 e. The van der Waals surface area contributed by atoms with Gasteiger partial charge in [0.05, 0.1) is 0 Å². The van der Waals surface area contributed by atoms with Gasteiger partial charge < -0.3 is 4.90 Å². The van der Waals surface area contributed by atoms with E-state index >= 15 is 0 Å². The molecule has 0 bridgehead atoms. The molecule has 0 radical (unpaired) electrons. The van der Waals surface area contributed by atoms with Crippen molar-refractivity contribution in [1.82, 2.24) is 4.90 Å². The summed E-state index contributed by atoms with van der Waals surface area (Å²) in [5, 5.41) is 0. The maximum absolute atomic E-state index is 2.45. The topological polar surface area (TPSA) is 3.24 Å². The predicted octanol–water partition coefficient (Wildman–Crippen LogP) is 3.15. The average molecular weight is 171 g/mol. The molecule has 0 saturated heterocycles. The molecule has 0 rings (SSSR count). The van der Waals surface area contributed by atoms with Gasteiger partial charge in [-0.15, -0.1) is 0 Å². The molecule has 74 valence electrons. The molecular weight excluding hydrogens is 146 g/mol. The standard InChI is InChI=1S/C11H25N/c1-7-10(4)8-11(5)12(6)9(2)3/h9-11H,7-8H2,1-6H3. The normalized spacial score (nSPS) is 17.0. The highest BCUT2D eigenvalue weighted by atomic mass is 15.1. The van der Waals surface area contributed by atoms with Crippen LogP contribution in [0.5, 0.6) is 0 Å². The first-order valence-electron chi connectivity index (χ1n) is 5.20. The lowest BCUT2D eigenvalue weighted by Crippen LogP contribution is -2.35. The van der Waals surface area contributed by atoms with Gasteiger partial charge in [-0.3, -0.25) is 0 Å². The van der Waals surface area contributed by atoms with E-state index in [4.69, 9.17) is 0 Å². The molecule has 0 aliphatic rings. The van der Waals surface area contributed by atoms with Gasteiger partial charge in [-0.05, 0) is 40.2 Å². The maximum atomic E-state index is 2.45. The van der Waals surface area contributed by atoms with E-state index in [1.165, 1.54) is 12.8 Å². The van der Waals surface area contributed by atoms with Crippen molar-refractivity contribution in [3.8, 4) is 0 Å². The van der Waals surface area contributed by atoms with Crippen molar-refractivity contribution in [2.75, 3.05) is 7.05 Å². The zero-order valence-electron chi connectivity index (χ0n) is 9.59. The van der Waals surface area contributed by atoms with Crippen LogP contribution in [0, 0.1) is 5.92 Å². The lowest BCUT2D eigenvalue weighted by molar-refractivity contribution is 0.182. The van der Waals surface area contributed by atoms with Crippen molar-refractivity contribution in [3.63, 3.8) is 0 Å². The Morgan fingerprint density at radius 1 is 1.08 bits per heavy atom. The average Bonchev–Trinajstić information content (AvgIpc) is 2.02. The summed E-state index contributed by atoms with van der Waals surface area (Å²) in [7, 11) is 2.22. The molecule has 0 aliphatic carbocycles. The molecule has 1 heteroatoms. The first-order valence-corrected chi connectivity index (χ1v) is 5.20. The van der Waals surface area contributed by atoms with Crippen molar-refractivity contribution in [2.24, 2.45) is 5.92 Å². The molecule has 12 heavy (non-hydrogen) atoms. The van der Waals surface area contributed by atoms with E-state index in [0.29, 0.717) is 6.04 Å². The third-order valence-electron chi connectivity index (χ3n) is 2.95. The Morgan fingerprint density at radius 2 is 1.58 bits per heavy atom. The van der Waals surface area contributed by atoms with Crippen LogP contribution >= 0.6 is 0 Å². The second-order valence-corrected chi connectivity index (χ2v) is 4.36. The quantitative estimate of drug-likeness (QED) is 0.614. The third-order valence-corrected chi connectivity index (χ3v) is 2.95. The van der Waals surface area contributed by atoms with E-state index in [1.807, 2.05) is 0 Å². The van der Waals surface area contributed by atoms with Crippen molar-refractivity contribution < 1.29 is 0 Å². The van der Waals surface area contributed by atoms with Crippen LogP contribution in [0.3, 0.4) is 0 Å². The van der Waals surface area contributed by atoms with Gasteiger partial charge in [0, 0.05) is 12.1 Å². The molecule has 1 nitrogen and oxygen atoms in total. The summed E-state index contributed by atoms with van der Waals surface area (Å²) >= 11 is 0. The first kappa shape index (κ1) is 12.0. The van der Waals surface area contributed by atoms with Crippen molar-refractivity contribution >= 4 is 0 Å². The van der Waals surface area contributed by atoms with Crippen LogP contribution in [-0.2, 0) is 0 Å². The highest BCUT2D eigenvalue weighted by molar-refractivity contribution is 4.68. The molecule has 0 amide bonds. The van der Waals surface area contributed by atoms with E-state index in [0.717, 1.165) is 12.0 Å². The molecule has 0 aromatic carbocycles. The predicted molar refractivity (Wildman–Crippen MR) is 56.4 cm³/mol. The van der Waals surface area contributed by atoms with Crippen LogP contribution in [0.2, 0.25) is 0 Å². The minimum atomic E-state index is 0.670. The lowest BCUT2D eigenvalue weighted by atomic mass is 9.99. The highest BCUT2D eigenvalue weighted by Gasteiger charge is 2.13. The zero-order chi connectivity index (χ0) is 9.72. The number of hydrogen-bond donors (Lipinski definition) is 0. The molecule has 0 heterocycles. The Labute approximate surface area is 78.1 Å². The summed E-state index contributed by atoms with van der Waals surface area (Å²) in [6.45, 7) is 11.4. The van der Waals surface area contributed by atoms with Gasteiger partial charge in [0.25, 0.3) is 0 Å². The number of nitrogens with zero attached hydrogens (tertiary/aromatic N) is 1. The summed E-state index contributed by atoms with van der Waals surface area (Å²) in [5.74, 6) is 0.862. The monoisotopic (exact) mass is 171 g/mol. The fourth-order valence-corrected chi connectivity index (χ4v) is 1.42. The number of hydrogen-bond acceptors (Lipinski definition) is 1. The van der Waals surface area contributed by atoms with Gasteiger partial charge in [-0.1, -0.05) is 20.3 Å². The van der Waals surface area contributed by atoms with E-state index in [-0.39, 0.29) is 0 Å². The molecule has 0 N–H and O–H groups in total. The summed E-state index contributed by atoms with van der Waals surface area (Å²) in [6, 6.07) is 1.39. The summed E-state index contributed by atoms with van der Waals surface area (Å²) < 4.78 is 0. The number of rotatable bonds is 5. The van der Waals surface area contributed by atoms with Crippen LogP contribution < -0.4 is 0 Å². The molecule has 2 atom stereocenters. The molecule has 0 aromatic heterocycles. The summed E-state index contributed by atoms with van der Waals surface area (Å²) in [6.07, 6.45) is 2.63. The first-order chi connectivity index (χ1) is 5.49. The van der Waals surface area contributed by atoms with E-state index in [9.17, 15) is 0 Å². The van der Waals surface area contributed by atoms with Gasteiger partial charge in [-0.25, -0.2) is 0 Å². The van der Waals surface area contributed by atoms with Crippen LogP contribution in [0.1, 0.15) is 47.5 Å². The van der Waals surface area contributed by atoms with Crippen molar-refractivity contribution in [1.29, 1.82) is 0 Å². The van der Waals surface area contributed by atoms with Gasteiger partial charge in [0.2, 0.25) is 0 Å². The van der Waals surface area contributed by atoms with Crippen molar-refractivity contribution in [3.05, 3.63) is 0 Å². The molecule has 0 aromatic rings. The SMILES string of the molecule is CCC(C)CC(C)N(C)C(C)C. The molecule has 0 aliphatic heterocycles. The second-order valence-electron chi connectivity index (χ2n) is 4.36. The van der Waals surface area contributed by atoms with Crippen LogP contribution in [-0.4, -0.2) is 24.0 Å². The Kier molecular flexibility index (Phi) is 5.56. The van der Waals surface area contributed by atoms with Gasteiger partial charge >= 0.3 is 0 Å². The molecule has 0 saturated carbocycles. The molecular formula is C11H25N. The van der Waals surface area contributed by atoms with Crippen LogP contribution in [0.25, 0.3) is 0 Å². The van der Waals surface area contributed by atoms with Crippen molar-refractivity contribution in [2.45, 2.75) is 59.5 Å². The highest BCUT2D eigenvalue weighted by Crippen LogP contribution is 2.14. The van der Waals surface area contributed by atoms with E-state index in [1.54, 1.807) is 0 Å². The summed E-state index contributed by atoms with van der Waals surface area (Å²) in [5.41, 5.74) is 0. The fraction of sp³-hybridized carbons (Fsp3) is 1.00. The van der Waals surface area contributed by atoms with Crippen LogP contribution in [0.15, 0.2) is 0 Å². The maximum Gasteiger partial charge on any atom is 0.00691 e. The molecule has 0 fully saturated rings. The fourth-order valence-electron chi connectivity index (χ4n) is 1.42. The molecule has 0 spiro atoms. The minimum absolute atomic E-state index is 0.670. The summed E-state index contributed by atoms with van der Waals surface area (Å²) in [4.78, 5) is 2.45. The lowest BCUT2D eigenvalue weighted by Gasteiger charge is -2.30. The Morgan fingerprint density at radius 3 is 1.92 bits per heavy atom. The van der Waals surface area contributed by atoms with E-state index < -0.39 is 0 Å². The Hall–Kier alpha value is -0.0400. The van der Waals surface area contributed by atoms with Crippen LogP contribution in [0.4, 0.5) is 0 Å². The zero-order valence-corrected chi connectivity index (χ0v) is 9.59. The minimum Gasteiger partial charge on any atom is -0.301 e. The Bertz CT molecular complexity index is 110. The Balaban J connectivity index is 3.78. The second kappa shape index (κ2) is 5.58. The smallest absolute Gasteiger partial charge is 0.00691 e. The van der Waals surface area contributed by atoms with Gasteiger partial charge in [0.1, 0.15) is 0 Å². The van der Waals surface area contributed by atoms with Gasteiger partial charge in [-0.2, -0.15) is 0 Å². The van der Waals surface area contributed by atoms with E-state index in [2.05, 4.69) is 46.6 Å².